The molecule has 0 fully saturated rings. The molecule has 140 valence electrons. The number of halogens is 1. The van der Waals surface area contributed by atoms with Gasteiger partial charge in [-0.05, 0) is 42.0 Å². The Morgan fingerprint density at radius 1 is 1.07 bits per heavy atom. The smallest absolute Gasteiger partial charge is 0.143 e. The Hall–Kier alpha value is -3.38. The van der Waals surface area contributed by atoms with Crippen LogP contribution in [0.3, 0.4) is 0 Å². The topological polar surface area (TPSA) is 69.2 Å². The lowest BCUT2D eigenvalue weighted by Crippen LogP contribution is -2.06. The molecule has 2 N–H and O–H groups in total. The molecule has 0 amide bonds. The van der Waals surface area contributed by atoms with E-state index in [1.807, 2.05) is 73.6 Å². The van der Waals surface area contributed by atoms with Crippen molar-refractivity contribution in [1.29, 1.82) is 0 Å². The number of aromatic nitrogens is 3. The molecular weight excluding hydrogens is 372 g/mol. The second-order valence-electron chi connectivity index (χ2n) is 6.56. The Labute approximate surface area is 167 Å². The van der Waals surface area contributed by atoms with Crippen molar-refractivity contribution in [2.45, 2.75) is 0 Å². The maximum Gasteiger partial charge on any atom is 0.143 e. The van der Waals surface area contributed by atoms with Gasteiger partial charge in [-0.25, -0.2) is 15.0 Å². The molecule has 7 heteroatoms. The van der Waals surface area contributed by atoms with Crippen molar-refractivity contribution in [3.63, 3.8) is 0 Å². The highest BCUT2D eigenvalue weighted by Gasteiger charge is 2.10. The normalized spacial score (nSPS) is 11.2. The summed E-state index contributed by atoms with van der Waals surface area (Å²) in [6.07, 6.45) is 3.32. The van der Waals surface area contributed by atoms with Crippen molar-refractivity contribution in [2.75, 3.05) is 19.4 Å². The Morgan fingerprint density at radius 2 is 1.89 bits per heavy atom. The number of aromatic amines is 1. The third-order valence-electron chi connectivity index (χ3n) is 4.13. The lowest BCUT2D eigenvalue weighted by Gasteiger charge is -2.06. The predicted molar refractivity (Wildman–Crippen MR) is 116 cm³/mol. The first kappa shape index (κ1) is 18.0. The fourth-order valence-corrected chi connectivity index (χ4v) is 3.00. The van der Waals surface area contributed by atoms with E-state index in [0.717, 1.165) is 39.5 Å². The molecule has 28 heavy (non-hydrogen) atoms. The van der Waals surface area contributed by atoms with Gasteiger partial charge >= 0.3 is 0 Å². The molecule has 4 rings (SSSR count). The van der Waals surface area contributed by atoms with Crippen LogP contribution < -0.4 is 5.32 Å². The maximum atomic E-state index is 6.07. The molecule has 0 aliphatic carbocycles. The maximum absolute atomic E-state index is 6.07. The second kappa shape index (κ2) is 7.70. The third kappa shape index (κ3) is 3.97. The van der Waals surface area contributed by atoms with Crippen LogP contribution in [0.1, 0.15) is 0 Å². The third-order valence-corrected chi connectivity index (χ3v) is 4.36. The van der Waals surface area contributed by atoms with Crippen LogP contribution in [0, 0.1) is 0 Å². The van der Waals surface area contributed by atoms with E-state index in [-0.39, 0.29) is 0 Å². The minimum Gasteiger partial charge on any atom is -0.369 e. The molecule has 0 atom stereocenters. The van der Waals surface area contributed by atoms with Gasteiger partial charge in [-0.15, -0.1) is 0 Å². The number of hydrogen-bond donors (Lipinski definition) is 2. The number of H-pyrrole nitrogens is 1. The van der Waals surface area contributed by atoms with Gasteiger partial charge in [-0.2, -0.15) is 0 Å². The number of nitrogens with zero attached hydrogens (tertiary/aromatic N) is 4. The molecule has 2 heterocycles. The van der Waals surface area contributed by atoms with E-state index in [2.05, 4.69) is 25.3 Å². The first-order valence-corrected chi connectivity index (χ1v) is 9.14. The van der Waals surface area contributed by atoms with Gasteiger partial charge in [0.05, 0.1) is 17.4 Å². The van der Waals surface area contributed by atoms with Crippen molar-refractivity contribution >= 4 is 46.2 Å². The number of rotatable bonds is 5. The lowest BCUT2D eigenvalue weighted by molar-refractivity contribution is 0.643. The van der Waals surface area contributed by atoms with E-state index >= 15 is 0 Å². The zero-order chi connectivity index (χ0) is 19.5. The summed E-state index contributed by atoms with van der Waals surface area (Å²) in [7, 11) is 3.89. The Morgan fingerprint density at radius 3 is 2.64 bits per heavy atom. The highest BCUT2D eigenvalue weighted by Crippen LogP contribution is 2.29. The van der Waals surface area contributed by atoms with E-state index in [4.69, 9.17) is 11.6 Å². The van der Waals surface area contributed by atoms with Crippen LogP contribution in [-0.4, -0.2) is 40.3 Å². The molecule has 0 saturated heterocycles. The summed E-state index contributed by atoms with van der Waals surface area (Å²) in [5, 5.41) is 4.89. The van der Waals surface area contributed by atoms with E-state index in [1.54, 1.807) is 6.34 Å². The van der Waals surface area contributed by atoms with Gasteiger partial charge in [-0.1, -0.05) is 29.8 Å². The minimum absolute atomic E-state index is 0.669. The quantitative estimate of drug-likeness (QED) is 0.361. The summed E-state index contributed by atoms with van der Waals surface area (Å²) < 4.78 is 0. The average molecular weight is 391 g/mol. The monoisotopic (exact) mass is 390 g/mol. The van der Waals surface area contributed by atoms with E-state index in [9.17, 15) is 0 Å². The van der Waals surface area contributed by atoms with Crippen LogP contribution in [0.25, 0.3) is 22.3 Å². The zero-order valence-electron chi connectivity index (χ0n) is 15.5. The number of anilines is 2. The van der Waals surface area contributed by atoms with Crippen molar-refractivity contribution in [1.82, 2.24) is 19.9 Å². The summed E-state index contributed by atoms with van der Waals surface area (Å²) in [6.45, 7) is 0. The minimum atomic E-state index is 0.669. The largest absolute Gasteiger partial charge is 0.369 e. The Bertz CT molecular complexity index is 1130. The number of benzene rings is 2. The Balaban J connectivity index is 1.65. The molecule has 4 aromatic rings. The molecular formula is C21H19ClN6. The second-order valence-corrected chi connectivity index (χ2v) is 6.99. The molecule has 0 bridgehead atoms. The number of nitrogens with one attached hydrogen (secondary N) is 2. The van der Waals surface area contributed by atoms with Crippen molar-refractivity contribution in [3.05, 3.63) is 65.9 Å². The highest BCUT2D eigenvalue weighted by molar-refractivity contribution is 6.30. The molecule has 0 unspecified atom stereocenters. The van der Waals surface area contributed by atoms with Gasteiger partial charge in [0.2, 0.25) is 0 Å². The van der Waals surface area contributed by atoms with Crippen molar-refractivity contribution in [2.24, 2.45) is 4.99 Å². The molecule has 0 aliphatic rings. The van der Waals surface area contributed by atoms with Gasteiger partial charge in [0.25, 0.3) is 0 Å². The number of hydrogen-bond acceptors (Lipinski definition) is 4. The van der Waals surface area contributed by atoms with E-state index in [1.165, 1.54) is 6.33 Å². The molecule has 2 aromatic heterocycles. The standard InChI is InChI=1S/C21H19ClN6/c1-28(2)13-25-16-8-6-14(7-9-16)19-11-18-20(23-12-24-21(18)27-19)26-17-5-3-4-15(22)10-17/h3-13H,1-2H3,(H2,23,24,26,27)/b25-13+. The van der Waals surface area contributed by atoms with E-state index in [0.29, 0.717) is 5.02 Å². The van der Waals surface area contributed by atoms with Crippen LogP contribution >= 0.6 is 11.6 Å². The fourth-order valence-electron chi connectivity index (χ4n) is 2.81. The Kier molecular flexibility index (Phi) is 4.95. The fraction of sp³-hybridized carbons (Fsp3) is 0.0952. The van der Waals surface area contributed by atoms with Crippen LogP contribution in [0.2, 0.25) is 5.02 Å². The lowest BCUT2D eigenvalue weighted by atomic mass is 10.1. The van der Waals surface area contributed by atoms with Gasteiger partial charge in [0, 0.05) is 30.5 Å². The summed E-state index contributed by atoms with van der Waals surface area (Å²) in [5.41, 5.74) is 4.56. The van der Waals surface area contributed by atoms with Gasteiger partial charge in [0.15, 0.2) is 0 Å². The van der Waals surface area contributed by atoms with Crippen LogP contribution in [0.5, 0.6) is 0 Å². The molecule has 0 radical (unpaired) electrons. The SMILES string of the molecule is CN(C)/C=N/c1ccc(-c2cc3c(Nc4cccc(Cl)c4)ncnc3[nH]2)cc1. The molecule has 0 spiro atoms. The van der Waals surface area contributed by atoms with Crippen molar-refractivity contribution < 1.29 is 0 Å². The zero-order valence-corrected chi connectivity index (χ0v) is 16.3. The molecule has 0 saturated carbocycles. The first-order chi connectivity index (χ1) is 13.6. The average Bonchev–Trinajstić information content (AvgIpc) is 3.12. The number of fused-ring (bicyclic) bond motifs is 1. The van der Waals surface area contributed by atoms with E-state index < -0.39 is 0 Å². The summed E-state index contributed by atoms with van der Waals surface area (Å²) in [6, 6.07) is 17.6. The van der Waals surface area contributed by atoms with Crippen LogP contribution in [0.4, 0.5) is 17.2 Å². The highest BCUT2D eigenvalue weighted by atomic mass is 35.5. The van der Waals surface area contributed by atoms with Gasteiger partial charge < -0.3 is 15.2 Å². The number of aliphatic imine (C=N–C) groups is 1. The molecule has 6 nitrogen and oxygen atoms in total. The molecule has 2 aromatic carbocycles. The van der Waals surface area contributed by atoms with Crippen LogP contribution in [-0.2, 0) is 0 Å². The summed E-state index contributed by atoms with van der Waals surface area (Å²) in [5.74, 6) is 0.724. The first-order valence-electron chi connectivity index (χ1n) is 8.76. The summed E-state index contributed by atoms with van der Waals surface area (Å²) in [4.78, 5) is 18.4. The summed E-state index contributed by atoms with van der Waals surface area (Å²) >= 11 is 6.07. The van der Waals surface area contributed by atoms with Gasteiger partial charge in [-0.3, -0.25) is 0 Å². The molecule has 0 aliphatic heterocycles. The van der Waals surface area contributed by atoms with Crippen LogP contribution in [0.15, 0.2) is 65.9 Å². The predicted octanol–water partition coefficient (Wildman–Crippen LogP) is 5.24. The van der Waals surface area contributed by atoms with Crippen molar-refractivity contribution in [3.8, 4) is 11.3 Å². The van der Waals surface area contributed by atoms with Gasteiger partial charge in [0.1, 0.15) is 17.8 Å².